The van der Waals surface area contributed by atoms with E-state index in [1.54, 1.807) is 35.6 Å². The molecular weight excluding hydrogens is 334 g/mol. The van der Waals surface area contributed by atoms with Gasteiger partial charge in [0.25, 0.3) is 5.91 Å². The lowest BCUT2D eigenvalue weighted by molar-refractivity contribution is -0.135. The van der Waals surface area contributed by atoms with Gasteiger partial charge in [-0.2, -0.15) is 5.10 Å². The topological polar surface area (TPSA) is 100 Å². The van der Waals surface area contributed by atoms with Crippen molar-refractivity contribution in [3.05, 3.63) is 42.5 Å². The molecule has 2 aromatic rings. The minimum absolute atomic E-state index is 0.0129. The Balaban J connectivity index is 1.47. The van der Waals surface area contributed by atoms with Crippen LogP contribution in [0, 0.1) is 11.8 Å². The SMILES string of the molecule is O=C(Nc1cccnc1)[C@@H]1CCO[C@@H]2CCN(C(=O)c3ccn[nH]3)C[C@H]21. The molecule has 0 bridgehead atoms. The van der Waals surface area contributed by atoms with E-state index >= 15 is 0 Å². The number of H-pyrrole nitrogens is 1. The van der Waals surface area contributed by atoms with Crippen molar-refractivity contribution in [2.75, 3.05) is 25.0 Å². The summed E-state index contributed by atoms with van der Waals surface area (Å²) in [5.41, 5.74) is 1.15. The number of nitrogens with zero attached hydrogens (tertiary/aromatic N) is 3. The molecule has 0 aliphatic carbocycles. The molecule has 8 nitrogen and oxygen atoms in total. The van der Waals surface area contributed by atoms with Crippen molar-refractivity contribution in [2.24, 2.45) is 11.8 Å². The van der Waals surface area contributed by atoms with Gasteiger partial charge >= 0.3 is 0 Å². The molecule has 2 aromatic heterocycles. The number of likely N-dealkylation sites (tertiary alicyclic amines) is 1. The van der Waals surface area contributed by atoms with Gasteiger partial charge in [-0.15, -0.1) is 0 Å². The van der Waals surface area contributed by atoms with Crippen LogP contribution in [0.15, 0.2) is 36.8 Å². The van der Waals surface area contributed by atoms with Crippen molar-refractivity contribution in [1.29, 1.82) is 0 Å². The molecule has 4 heterocycles. The molecule has 0 radical (unpaired) electrons. The summed E-state index contributed by atoms with van der Waals surface area (Å²) in [6.07, 6.45) is 6.26. The van der Waals surface area contributed by atoms with Gasteiger partial charge in [-0.25, -0.2) is 0 Å². The average Bonchev–Trinajstić information content (AvgIpc) is 3.22. The number of rotatable bonds is 3. The van der Waals surface area contributed by atoms with Crippen LogP contribution < -0.4 is 5.32 Å². The Bertz CT molecular complexity index is 764. The number of pyridine rings is 1. The van der Waals surface area contributed by atoms with Crippen LogP contribution in [-0.2, 0) is 9.53 Å². The molecule has 2 fully saturated rings. The number of hydrogen-bond donors (Lipinski definition) is 2. The molecule has 2 saturated heterocycles. The summed E-state index contributed by atoms with van der Waals surface area (Å²) in [4.78, 5) is 31.2. The number of nitrogens with one attached hydrogen (secondary N) is 2. The first kappa shape index (κ1) is 16.7. The van der Waals surface area contributed by atoms with Gasteiger partial charge in [-0.3, -0.25) is 19.7 Å². The van der Waals surface area contributed by atoms with E-state index in [0.29, 0.717) is 37.5 Å². The number of ether oxygens (including phenoxy) is 1. The van der Waals surface area contributed by atoms with Crippen molar-refractivity contribution in [3.63, 3.8) is 0 Å². The second kappa shape index (κ2) is 7.25. The van der Waals surface area contributed by atoms with Crippen molar-refractivity contribution >= 4 is 17.5 Å². The number of anilines is 1. The van der Waals surface area contributed by atoms with Gasteiger partial charge in [-0.1, -0.05) is 0 Å². The highest BCUT2D eigenvalue weighted by Gasteiger charge is 2.42. The zero-order chi connectivity index (χ0) is 17.9. The summed E-state index contributed by atoms with van der Waals surface area (Å²) in [5, 5.41) is 9.50. The summed E-state index contributed by atoms with van der Waals surface area (Å²) in [7, 11) is 0. The number of hydrogen-bond acceptors (Lipinski definition) is 5. The number of fused-ring (bicyclic) bond motifs is 1. The Morgan fingerprint density at radius 1 is 1.27 bits per heavy atom. The highest BCUT2D eigenvalue weighted by molar-refractivity contribution is 5.93. The number of carbonyl (C=O) groups is 2. The third kappa shape index (κ3) is 3.32. The maximum Gasteiger partial charge on any atom is 0.271 e. The lowest BCUT2D eigenvalue weighted by Gasteiger charge is -2.44. The van der Waals surface area contributed by atoms with Crippen molar-refractivity contribution in [2.45, 2.75) is 18.9 Å². The fraction of sp³-hybridized carbons (Fsp3) is 0.444. The minimum Gasteiger partial charge on any atom is -0.378 e. The largest absolute Gasteiger partial charge is 0.378 e. The van der Waals surface area contributed by atoms with Gasteiger partial charge in [0.2, 0.25) is 5.91 Å². The predicted molar refractivity (Wildman–Crippen MR) is 93.3 cm³/mol. The van der Waals surface area contributed by atoms with Crippen LogP contribution in [-0.4, -0.2) is 57.7 Å². The van der Waals surface area contributed by atoms with Crippen LogP contribution in [0.3, 0.4) is 0 Å². The second-order valence-corrected chi connectivity index (χ2v) is 6.71. The number of aromatic amines is 1. The zero-order valence-electron chi connectivity index (χ0n) is 14.3. The van der Waals surface area contributed by atoms with Crippen molar-refractivity contribution in [1.82, 2.24) is 20.1 Å². The van der Waals surface area contributed by atoms with Crippen LogP contribution in [0.1, 0.15) is 23.3 Å². The quantitative estimate of drug-likeness (QED) is 0.865. The summed E-state index contributed by atoms with van der Waals surface area (Å²) >= 11 is 0. The van der Waals surface area contributed by atoms with Gasteiger partial charge in [0.1, 0.15) is 5.69 Å². The molecule has 4 rings (SSSR count). The van der Waals surface area contributed by atoms with E-state index in [-0.39, 0.29) is 29.8 Å². The van der Waals surface area contributed by atoms with E-state index in [1.165, 1.54) is 0 Å². The summed E-state index contributed by atoms with van der Waals surface area (Å²) in [6.45, 7) is 1.70. The number of amides is 2. The third-order valence-corrected chi connectivity index (χ3v) is 5.15. The molecule has 0 saturated carbocycles. The molecule has 2 N–H and O–H groups in total. The molecule has 2 aliphatic heterocycles. The molecule has 3 atom stereocenters. The Morgan fingerprint density at radius 2 is 2.19 bits per heavy atom. The maximum absolute atomic E-state index is 12.8. The monoisotopic (exact) mass is 355 g/mol. The minimum atomic E-state index is -0.189. The zero-order valence-corrected chi connectivity index (χ0v) is 14.3. The average molecular weight is 355 g/mol. The van der Waals surface area contributed by atoms with E-state index in [0.717, 1.165) is 6.42 Å². The highest BCUT2D eigenvalue weighted by atomic mass is 16.5. The molecule has 136 valence electrons. The molecule has 0 unspecified atom stereocenters. The van der Waals surface area contributed by atoms with E-state index in [4.69, 9.17) is 4.74 Å². The molecular formula is C18H21N5O3. The van der Waals surface area contributed by atoms with Gasteiger partial charge in [0.15, 0.2) is 0 Å². The van der Waals surface area contributed by atoms with Crippen LogP contribution in [0.5, 0.6) is 0 Å². The summed E-state index contributed by atoms with van der Waals surface area (Å²) in [5.74, 6) is -0.322. The van der Waals surface area contributed by atoms with E-state index in [9.17, 15) is 9.59 Å². The predicted octanol–water partition coefficient (Wildman–Crippen LogP) is 1.31. The van der Waals surface area contributed by atoms with Gasteiger partial charge in [-0.05, 0) is 31.0 Å². The fourth-order valence-electron chi connectivity index (χ4n) is 3.84. The molecule has 8 heteroatoms. The number of piperidine rings is 1. The third-order valence-electron chi connectivity index (χ3n) is 5.15. The van der Waals surface area contributed by atoms with Crippen LogP contribution in [0.2, 0.25) is 0 Å². The smallest absolute Gasteiger partial charge is 0.271 e. The Hall–Kier alpha value is -2.74. The summed E-state index contributed by atoms with van der Waals surface area (Å²) < 4.78 is 5.88. The van der Waals surface area contributed by atoms with Gasteiger partial charge < -0.3 is 15.0 Å². The Morgan fingerprint density at radius 3 is 2.96 bits per heavy atom. The molecule has 0 aromatic carbocycles. The van der Waals surface area contributed by atoms with Crippen molar-refractivity contribution < 1.29 is 14.3 Å². The molecule has 26 heavy (non-hydrogen) atoms. The lowest BCUT2D eigenvalue weighted by Crippen LogP contribution is -2.53. The summed E-state index contributed by atoms with van der Waals surface area (Å²) in [6, 6.07) is 5.27. The first-order valence-corrected chi connectivity index (χ1v) is 8.83. The Labute approximate surface area is 150 Å². The van der Waals surface area contributed by atoms with E-state index in [1.807, 2.05) is 6.07 Å². The maximum atomic E-state index is 12.8. The fourth-order valence-corrected chi connectivity index (χ4v) is 3.84. The van der Waals surface area contributed by atoms with Crippen LogP contribution in [0.25, 0.3) is 0 Å². The number of carbonyl (C=O) groups excluding carboxylic acids is 2. The number of aromatic nitrogens is 3. The Kier molecular flexibility index (Phi) is 4.66. The van der Waals surface area contributed by atoms with Gasteiger partial charge in [0.05, 0.1) is 18.0 Å². The van der Waals surface area contributed by atoms with Gasteiger partial charge in [0, 0.05) is 43.9 Å². The first-order valence-electron chi connectivity index (χ1n) is 8.83. The standard InChI is InChI=1S/C18H21N5O3/c24-17(21-12-2-1-6-19-10-12)13-5-9-26-16-4-8-23(11-14(13)16)18(25)15-3-7-20-22-15/h1-3,6-7,10,13-14,16H,4-5,8-9,11H2,(H,20,22)(H,21,24)/t13-,14+,16-/m1/s1. The highest BCUT2D eigenvalue weighted by Crippen LogP contribution is 2.34. The first-order chi connectivity index (χ1) is 12.7. The van der Waals surface area contributed by atoms with Crippen molar-refractivity contribution in [3.8, 4) is 0 Å². The van der Waals surface area contributed by atoms with Crippen LogP contribution in [0.4, 0.5) is 5.69 Å². The van der Waals surface area contributed by atoms with Crippen LogP contribution >= 0.6 is 0 Å². The van der Waals surface area contributed by atoms with E-state index in [2.05, 4.69) is 20.5 Å². The van der Waals surface area contributed by atoms with E-state index < -0.39 is 0 Å². The molecule has 2 amide bonds. The lowest BCUT2D eigenvalue weighted by atomic mass is 9.79. The molecule has 0 spiro atoms. The molecule has 2 aliphatic rings. The second-order valence-electron chi connectivity index (χ2n) is 6.71. The normalized spacial score (nSPS) is 25.4.